The molecule has 1 aromatic rings. The standard InChI is InChI=1S/C21H27N3O5/c1-15-8-4-5-9-16(15)12-22-17(25)14-29-18(26)13-24-19(27)21(23(2)20(24)28)10-6-3-7-11-21/h4-5,8-9H,3,6-7,10-14H2,1-2H3,(H,22,25). The van der Waals surface area contributed by atoms with E-state index < -0.39 is 36.6 Å². The van der Waals surface area contributed by atoms with Crippen LogP contribution in [-0.2, 0) is 25.7 Å². The van der Waals surface area contributed by atoms with Gasteiger partial charge in [0.2, 0.25) is 0 Å². The van der Waals surface area contributed by atoms with Gasteiger partial charge in [0.05, 0.1) is 0 Å². The Kier molecular flexibility index (Phi) is 6.20. The van der Waals surface area contributed by atoms with Crippen LogP contribution < -0.4 is 5.32 Å². The maximum Gasteiger partial charge on any atom is 0.327 e. The molecule has 1 saturated heterocycles. The molecule has 1 aromatic carbocycles. The van der Waals surface area contributed by atoms with E-state index in [0.717, 1.165) is 35.3 Å². The molecule has 3 rings (SSSR count). The largest absolute Gasteiger partial charge is 0.454 e. The number of aryl methyl sites for hydroxylation is 1. The number of amides is 4. The third-order valence-electron chi connectivity index (χ3n) is 5.87. The number of esters is 1. The number of rotatable bonds is 6. The van der Waals surface area contributed by atoms with Gasteiger partial charge in [-0.15, -0.1) is 0 Å². The second kappa shape index (κ2) is 8.63. The average Bonchev–Trinajstić information content (AvgIpc) is 2.88. The summed E-state index contributed by atoms with van der Waals surface area (Å²) < 4.78 is 4.98. The Morgan fingerprint density at radius 1 is 1.14 bits per heavy atom. The molecule has 0 atom stereocenters. The Hall–Kier alpha value is -2.90. The minimum absolute atomic E-state index is 0.333. The molecule has 2 fully saturated rings. The number of imide groups is 1. The Morgan fingerprint density at radius 2 is 1.83 bits per heavy atom. The summed E-state index contributed by atoms with van der Waals surface area (Å²) in [7, 11) is 1.61. The zero-order valence-electron chi connectivity index (χ0n) is 16.9. The zero-order valence-corrected chi connectivity index (χ0v) is 16.9. The molecule has 1 heterocycles. The number of nitrogens with one attached hydrogen (secondary N) is 1. The molecular weight excluding hydrogens is 374 g/mol. The van der Waals surface area contributed by atoms with Crippen molar-refractivity contribution in [1.82, 2.24) is 15.1 Å². The fourth-order valence-corrected chi connectivity index (χ4v) is 4.05. The summed E-state index contributed by atoms with van der Waals surface area (Å²) in [4.78, 5) is 51.8. The highest BCUT2D eigenvalue weighted by atomic mass is 16.5. The summed E-state index contributed by atoms with van der Waals surface area (Å²) >= 11 is 0. The first-order valence-electron chi connectivity index (χ1n) is 9.92. The van der Waals surface area contributed by atoms with E-state index >= 15 is 0 Å². The molecule has 1 aliphatic carbocycles. The molecule has 1 spiro atoms. The Morgan fingerprint density at radius 3 is 2.52 bits per heavy atom. The molecule has 29 heavy (non-hydrogen) atoms. The molecule has 1 saturated carbocycles. The van der Waals surface area contributed by atoms with Gasteiger partial charge in [0, 0.05) is 13.6 Å². The molecule has 1 N–H and O–H groups in total. The Labute approximate surface area is 170 Å². The lowest BCUT2D eigenvalue weighted by atomic mass is 9.81. The van der Waals surface area contributed by atoms with E-state index in [9.17, 15) is 19.2 Å². The van der Waals surface area contributed by atoms with Gasteiger partial charge in [-0.05, 0) is 30.9 Å². The van der Waals surface area contributed by atoms with Crippen LogP contribution in [-0.4, -0.2) is 59.4 Å². The van der Waals surface area contributed by atoms with Crippen LogP contribution in [0.15, 0.2) is 24.3 Å². The van der Waals surface area contributed by atoms with Crippen LogP contribution in [0.2, 0.25) is 0 Å². The normalized spacial score (nSPS) is 18.3. The van der Waals surface area contributed by atoms with E-state index in [1.54, 1.807) is 7.05 Å². The predicted octanol–water partition coefficient (Wildman–Crippen LogP) is 1.75. The first-order chi connectivity index (χ1) is 13.8. The van der Waals surface area contributed by atoms with Crippen LogP contribution in [0.3, 0.4) is 0 Å². The summed E-state index contributed by atoms with van der Waals surface area (Å²) in [6, 6.07) is 7.16. The van der Waals surface area contributed by atoms with E-state index in [1.807, 2.05) is 31.2 Å². The number of carbonyl (C=O) groups is 4. The maximum atomic E-state index is 12.8. The summed E-state index contributed by atoms with van der Waals surface area (Å²) in [5.74, 6) is -1.56. The van der Waals surface area contributed by atoms with E-state index in [-0.39, 0.29) is 5.91 Å². The minimum Gasteiger partial charge on any atom is -0.454 e. The summed E-state index contributed by atoms with van der Waals surface area (Å²) in [6.45, 7) is 1.35. The van der Waals surface area contributed by atoms with Gasteiger partial charge < -0.3 is 15.0 Å². The quantitative estimate of drug-likeness (QED) is 0.579. The van der Waals surface area contributed by atoms with Crippen LogP contribution in [0.1, 0.15) is 43.2 Å². The molecule has 2 aliphatic rings. The van der Waals surface area contributed by atoms with Gasteiger partial charge in [0.15, 0.2) is 6.61 Å². The van der Waals surface area contributed by atoms with E-state index in [4.69, 9.17) is 4.74 Å². The molecule has 156 valence electrons. The van der Waals surface area contributed by atoms with Crippen molar-refractivity contribution in [1.29, 1.82) is 0 Å². The Bertz CT molecular complexity index is 816. The number of benzene rings is 1. The van der Waals surface area contributed by atoms with Crippen LogP contribution >= 0.6 is 0 Å². The predicted molar refractivity (Wildman–Crippen MR) is 105 cm³/mol. The number of likely N-dealkylation sites (N-methyl/N-ethyl adjacent to an activating group) is 1. The van der Waals surface area contributed by atoms with Crippen LogP contribution in [0.25, 0.3) is 0 Å². The molecule has 8 nitrogen and oxygen atoms in total. The van der Waals surface area contributed by atoms with Crippen LogP contribution in [0.5, 0.6) is 0 Å². The SMILES string of the molecule is Cc1ccccc1CNC(=O)COC(=O)CN1C(=O)N(C)C2(CCCCC2)C1=O. The lowest BCUT2D eigenvalue weighted by Gasteiger charge is -2.35. The number of hydrogen-bond acceptors (Lipinski definition) is 5. The molecule has 8 heteroatoms. The number of nitrogens with zero attached hydrogens (tertiary/aromatic N) is 2. The molecule has 0 unspecified atom stereocenters. The fraction of sp³-hybridized carbons (Fsp3) is 0.524. The van der Waals surface area contributed by atoms with Crippen LogP contribution in [0, 0.1) is 6.92 Å². The van der Waals surface area contributed by atoms with Crippen molar-refractivity contribution >= 4 is 23.8 Å². The second-order valence-corrected chi connectivity index (χ2v) is 7.69. The molecule has 1 aliphatic heterocycles. The van der Waals surface area contributed by atoms with Crippen molar-refractivity contribution < 1.29 is 23.9 Å². The maximum absolute atomic E-state index is 12.8. The number of hydrogen-bond donors (Lipinski definition) is 1. The lowest BCUT2D eigenvalue weighted by molar-refractivity contribution is -0.151. The van der Waals surface area contributed by atoms with Gasteiger partial charge in [-0.2, -0.15) is 0 Å². The first-order valence-corrected chi connectivity index (χ1v) is 9.92. The van der Waals surface area contributed by atoms with Gasteiger partial charge in [0.25, 0.3) is 11.8 Å². The Balaban J connectivity index is 1.49. The third-order valence-corrected chi connectivity index (χ3v) is 5.87. The number of ether oxygens (including phenoxy) is 1. The first kappa shape index (κ1) is 20.8. The lowest BCUT2D eigenvalue weighted by Crippen LogP contribution is -2.49. The van der Waals surface area contributed by atoms with Crippen molar-refractivity contribution in [2.75, 3.05) is 20.2 Å². The molecule has 0 bridgehead atoms. The molecule has 0 radical (unpaired) electrons. The van der Waals surface area contributed by atoms with Crippen molar-refractivity contribution in [3.8, 4) is 0 Å². The second-order valence-electron chi connectivity index (χ2n) is 7.69. The summed E-state index contributed by atoms with van der Waals surface area (Å²) in [5, 5.41) is 2.69. The molecular formula is C21H27N3O5. The number of urea groups is 1. The van der Waals surface area contributed by atoms with Crippen LogP contribution in [0.4, 0.5) is 4.79 Å². The van der Waals surface area contributed by atoms with Crippen molar-refractivity contribution in [2.45, 2.75) is 51.1 Å². The van der Waals surface area contributed by atoms with E-state index in [2.05, 4.69) is 5.32 Å². The molecule has 4 amide bonds. The topological polar surface area (TPSA) is 96.0 Å². The monoisotopic (exact) mass is 401 g/mol. The average molecular weight is 401 g/mol. The molecule has 0 aromatic heterocycles. The van der Waals surface area contributed by atoms with Gasteiger partial charge in [0.1, 0.15) is 12.1 Å². The minimum atomic E-state index is -0.833. The van der Waals surface area contributed by atoms with Crippen molar-refractivity contribution in [3.63, 3.8) is 0 Å². The summed E-state index contributed by atoms with van der Waals surface area (Å²) in [6.07, 6.45) is 4.02. The van der Waals surface area contributed by atoms with Gasteiger partial charge in [-0.25, -0.2) is 4.79 Å². The summed E-state index contributed by atoms with van der Waals surface area (Å²) in [5.41, 5.74) is 1.19. The van der Waals surface area contributed by atoms with Gasteiger partial charge >= 0.3 is 12.0 Å². The third kappa shape index (κ3) is 4.26. The van der Waals surface area contributed by atoms with E-state index in [0.29, 0.717) is 19.4 Å². The van der Waals surface area contributed by atoms with Crippen molar-refractivity contribution in [2.24, 2.45) is 0 Å². The zero-order chi connectivity index (χ0) is 21.0. The highest BCUT2D eigenvalue weighted by Crippen LogP contribution is 2.39. The highest BCUT2D eigenvalue weighted by molar-refractivity contribution is 6.08. The van der Waals surface area contributed by atoms with Gasteiger partial charge in [-0.1, -0.05) is 43.5 Å². The fourth-order valence-electron chi connectivity index (χ4n) is 4.05. The van der Waals surface area contributed by atoms with E-state index in [1.165, 1.54) is 4.90 Å². The van der Waals surface area contributed by atoms with Crippen molar-refractivity contribution in [3.05, 3.63) is 35.4 Å². The highest BCUT2D eigenvalue weighted by Gasteiger charge is 2.55. The number of carbonyl (C=O) groups excluding carboxylic acids is 4. The smallest absolute Gasteiger partial charge is 0.327 e. The van der Waals surface area contributed by atoms with Gasteiger partial charge in [-0.3, -0.25) is 19.3 Å².